The topological polar surface area (TPSA) is 69.2 Å². The standard InChI is InChI=1S/C26H23ClN2O4S/c1-16-5-4-6-18(11-16)15-33-22-9-7-17(12-23(22)32-3)13-24-25(30)29-26(34-24)28-20-14-19(27)8-10-21(20)31-2/h4-14H,15H2,1-3H3,(H,28,29,30)/b24-13-. The highest BCUT2D eigenvalue weighted by atomic mass is 35.5. The van der Waals surface area contributed by atoms with E-state index in [1.165, 1.54) is 17.3 Å². The number of amides is 1. The molecule has 0 atom stereocenters. The molecule has 174 valence electrons. The van der Waals surface area contributed by atoms with Crippen LogP contribution in [-0.4, -0.2) is 25.3 Å². The number of benzene rings is 3. The lowest BCUT2D eigenvalue weighted by Crippen LogP contribution is -2.19. The fraction of sp³-hybridized carbons (Fsp3) is 0.154. The molecule has 1 saturated heterocycles. The summed E-state index contributed by atoms with van der Waals surface area (Å²) in [5, 5.41) is 3.75. The highest BCUT2D eigenvalue weighted by Crippen LogP contribution is 2.35. The number of rotatable bonds is 7. The van der Waals surface area contributed by atoms with Gasteiger partial charge in [0, 0.05) is 5.02 Å². The van der Waals surface area contributed by atoms with Gasteiger partial charge in [-0.25, -0.2) is 4.99 Å². The van der Waals surface area contributed by atoms with E-state index in [1.807, 2.05) is 43.3 Å². The molecule has 0 aliphatic carbocycles. The van der Waals surface area contributed by atoms with Crippen molar-refractivity contribution < 1.29 is 19.0 Å². The van der Waals surface area contributed by atoms with E-state index < -0.39 is 0 Å². The molecule has 4 rings (SSSR count). The van der Waals surface area contributed by atoms with E-state index in [4.69, 9.17) is 25.8 Å². The van der Waals surface area contributed by atoms with Crippen LogP contribution in [0.15, 0.2) is 70.6 Å². The molecule has 0 saturated carbocycles. The van der Waals surface area contributed by atoms with E-state index >= 15 is 0 Å². The maximum absolute atomic E-state index is 12.5. The second-order valence-corrected chi connectivity index (χ2v) is 8.95. The summed E-state index contributed by atoms with van der Waals surface area (Å²) in [6.45, 7) is 2.48. The van der Waals surface area contributed by atoms with Crippen molar-refractivity contribution in [3.05, 3.63) is 87.3 Å². The van der Waals surface area contributed by atoms with Gasteiger partial charge in [0.1, 0.15) is 18.0 Å². The quantitative estimate of drug-likeness (QED) is 0.400. The largest absolute Gasteiger partial charge is 0.494 e. The zero-order valence-corrected chi connectivity index (χ0v) is 20.5. The van der Waals surface area contributed by atoms with Crippen molar-refractivity contribution in [2.75, 3.05) is 14.2 Å². The Kier molecular flexibility index (Phi) is 7.45. The lowest BCUT2D eigenvalue weighted by Gasteiger charge is -2.12. The van der Waals surface area contributed by atoms with Crippen LogP contribution in [0, 0.1) is 6.92 Å². The number of methoxy groups -OCH3 is 2. The van der Waals surface area contributed by atoms with E-state index in [0.29, 0.717) is 44.6 Å². The Bertz CT molecular complexity index is 1290. The number of nitrogens with one attached hydrogen (secondary N) is 1. The summed E-state index contributed by atoms with van der Waals surface area (Å²) < 4.78 is 16.8. The molecule has 1 aliphatic heterocycles. The predicted octanol–water partition coefficient (Wildman–Crippen LogP) is 6.14. The van der Waals surface area contributed by atoms with Crippen molar-refractivity contribution in [3.63, 3.8) is 0 Å². The first-order chi connectivity index (χ1) is 16.4. The summed E-state index contributed by atoms with van der Waals surface area (Å²) in [6.07, 6.45) is 1.78. The number of hydrogen-bond donors (Lipinski definition) is 1. The van der Waals surface area contributed by atoms with Crippen LogP contribution in [-0.2, 0) is 11.4 Å². The van der Waals surface area contributed by atoms with Crippen molar-refractivity contribution in [2.24, 2.45) is 4.99 Å². The van der Waals surface area contributed by atoms with E-state index in [0.717, 1.165) is 11.1 Å². The zero-order valence-electron chi connectivity index (χ0n) is 18.9. The Morgan fingerprint density at radius 1 is 1.00 bits per heavy atom. The number of aryl methyl sites for hydroxylation is 1. The normalized spacial score (nSPS) is 15.5. The third kappa shape index (κ3) is 5.73. The molecule has 8 heteroatoms. The van der Waals surface area contributed by atoms with Crippen LogP contribution < -0.4 is 19.5 Å². The van der Waals surface area contributed by atoms with Crippen molar-refractivity contribution in [3.8, 4) is 17.2 Å². The Labute approximate surface area is 207 Å². The van der Waals surface area contributed by atoms with Gasteiger partial charge in [0.2, 0.25) is 0 Å². The molecule has 1 amide bonds. The summed E-state index contributed by atoms with van der Waals surface area (Å²) in [7, 11) is 3.15. The van der Waals surface area contributed by atoms with Crippen molar-refractivity contribution in [1.82, 2.24) is 5.32 Å². The van der Waals surface area contributed by atoms with Gasteiger partial charge in [0.25, 0.3) is 5.91 Å². The van der Waals surface area contributed by atoms with Gasteiger partial charge >= 0.3 is 0 Å². The summed E-state index contributed by atoms with van der Waals surface area (Å²) in [5.41, 5.74) is 3.60. The molecular formula is C26H23ClN2O4S. The summed E-state index contributed by atoms with van der Waals surface area (Å²) in [6, 6.07) is 18.8. The van der Waals surface area contributed by atoms with Crippen LogP contribution in [0.1, 0.15) is 16.7 Å². The fourth-order valence-electron chi connectivity index (χ4n) is 3.35. The minimum absolute atomic E-state index is 0.233. The monoisotopic (exact) mass is 494 g/mol. The maximum Gasteiger partial charge on any atom is 0.264 e. The molecule has 0 spiro atoms. The number of ether oxygens (including phenoxy) is 3. The molecule has 1 heterocycles. The summed E-state index contributed by atoms with van der Waals surface area (Å²) in [4.78, 5) is 17.5. The van der Waals surface area contributed by atoms with E-state index in [2.05, 4.69) is 16.4 Å². The Hall–Kier alpha value is -3.42. The van der Waals surface area contributed by atoms with Crippen molar-refractivity contribution >= 4 is 46.2 Å². The molecule has 0 radical (unpaired) electrons. The van der Waals surface area contributed by atoms with E-state index in [1.54, 1.807) is 38.5 Å². The van der Waals surface area contributed by atoms with Gasteiger partial charge in [-0.1, -0.05) is 47.5 Å². The number of thioether (sulfide) groups is 1. The van der Waals surface area contributed by atoms with Gasteiger partial charge < -0.3 is 19.5 Å². The van der Waals surface area contributed by atoms with Gasteiger partial charge in [-0.05, 0) is 66.2 Å². The fourth-order valence-corrected chi connectivity index (χ4v) is 4.35. The maximum atomic E-state index is 12.5. The van der Waals surface area contributed by atoms with Gasteiger partial charge in [0.05, 0.1) is 19.1 Å². The van der Waals surface area contributed by atoms with Crippen molar-refractivity contribution in [2.45, 2.75) is 13.5 Å². The first kappa shape index (κ1) is 23.7. The second-order valence-electron chi connectivity index (χ2n) is 7.49. The van der Waals surface area contributed by atoms with E-state index in [-0.39, 0.29) is 5.91 Å². The molecule has 0 aromatic heterocycles. The Balaban J connectivity index is 1.51. The SMILES string of the molecule is COc1ccc(Cl)cc1N=C1NC(=O)/C(=C/c2ccc(OCc3cccc(C)c3)c(OC)c2)S1. The number of carbonyl (C=O) groups excluding carboxylic acids is 1. The lowest BCUT2D eigenvalue weighted by molar-refractivity contribution is -0.115. The Morgan fingerprint density at radius 3 is 2.56 bits per heavy atom. The van der Waals surface area contributed by atoms with Crippen LogP contribution in [0.5, 0.6) is 17.2 Å². The van der Waals surface area contributed by atoms with Crippen molar-refractivity contribution in [1.29, 1.82) is 0 Å². The third-order valence-electron chi connectivity index (χ3n) is 4.98. The molecule has 1 N–H and O–H groups in total. The molecule has 0 unspecified atom stereocenters. The van der Waals surface area contributed by atoms with Crippen LogP contribution in [0.2, 0.25) is 5.02 Å². The molecule has 3 aromatic carbocycles. The molecule has 1 aliphatic rings. The molecule has 6 nitrogen and oxygen atoms in total. The number of amidine groups is 1. The summed E-state index contributed by atoms with van der Waals surface area (Å²) in [5.74, 6) is 1.55. The zero-order chi connectivity index (χ0) is 24.1. The number of hydrogen-bond acceptors (Lipinski definition) is 6. The van der Waals surface area contributed by atoms with Crippen LogP contribution in [0.25, 0.3) is 6.08 Å². The highest BCUT2D eigenvalue weighted by molar-refractivity contribution is 8.18. The van der Waals surface area contributed by atoms with Gasteiger partial charge in [-0.15, -0.1) is 0 Å². The van der Waals surface area contributed by atoms with Gasteiger partial charge in [-0.3, -0.25) is 4.79 Å². The van der Waals surface area contributed by atoms with Gasteiger partial charge in [-0.2, -0.15) is 0 Å². The minimum atomic E-state index is -0.233. The molecule has 1 fully saturated rings. The first-order valence-corrected chi connectivity index (χ1v) is 11.6. The second kappa shape index (κ2) is 10.7. The number of halogens is 1. The first-order valence-electron chi connectivity index (χ1n) is 10.4. The Morgan fingerprint density at radius 2 is 1.79 bits per heavy atom. The van der Waals surface area contributed by atoms with Crippen LogP contribution in [0.4, 0.5) is 5.69 Å². The van der Waals surface area contributed by atoms with Crippen LogP contribution in [0.3, 0.4) is 0 Å². The average molecular weight is 495 g/mol. The number of aliphatic imine (C=N–C) groups is 1. The van der Waals surface area contributed by atoms with Crippen LogP contribution >= 0.6 is 23.4 Å². The smallest absolute Gasteiger partial charge is 0.264 e. The molecule has 3 aromatic rings. The average Bonchev–Trinajstić information content (AvgIpc) is 3.16. The van der Waals surface area contributed by atoms with Gasteiger partial charge in [0.15, 0.2) is 16.7 Å². The number of nitrogens with zero attached hydrogens (tertiary/aromatic N) is 1. The molecule has 0 bridgehead atoms. The molecule has 34 heavy (non-hydrogen) atoms. The third-order valence-corrected chi connectivity index (χ3v) is 6.12. The number of carbonyl (C=O) groups is 1. The highest BCUT2D eigenvalue weighted by Gasteiger charge is 2.24. The lowest BCUT2D eigenvalue weighted by atomic mass is 10.1. The summed E-state index contributed by atoms with van der Waals surface area (Å²) >= 11 is 7.32. The minimum Gasteiger partial charge on any atom is -0.494 e. The molecular weight excluding hydrogens is 472 g/mol. The van der Waals surface area contributed by atoms with E-state index in [9.17, 15) is 4.79 Å². The predicted molar refractivity (Wildman–Crippen MR) is 137 cm³/mol.